The Morgan fingerprint density at radius 3 is 2.70 bits per heavy atom. The number of aromatic nitrogens is 3. The summed E-state index contributed by atoms with van der Waals surface area (Å²) in [6.45, 7) is 2.81. The van der Waals surface area contributed by atoms with E-state index in [1.54, 1.807) is 0 Å². The molecule has 6 nitrogen and oxygen atoms in total. The lowest BCUT2D eigenvalue weighted by Crippen LogP contribution is -2.15. The van der Waals surface area contributed by atoms with Crippen molar-refractivity contribution >= 4 is 11.6 Å². The fraction of sp³-hybridized carbons (Fsp3) is 0.364. The molecule has 0 unspecified atom stereocenters. The fourth-order valence-electron chi connectivity index (χ4n) is 1.75. The van der Waals surface area contributed by atoms with E-state index >= 15 is 0 Å². The van der Waals surface area contributed by atoms with E-state index in [4.69, 9.17) is 0 Å². The normalized spacial score (nSPS) is 11.8. The van der Waals surface area contributed by atoms with Crippen LogP contribution < -0.4 is 5.56 Å². The number of aromatic amines is 1. The third-order valence-corrected chi connectivity index (χ3v) is 2.51. The molecule has 0 saturated carbocycles. The summed E-state index contributed by atoms with van der Waals surface area (Å²) < 4.78 is 44.0. The van der Waals surface area contributed by atoms with Gasteiger partial charge >= 0.3 is 12.1 Å². The van der Waals surface area contributed by atoms with Gasteiger partial charge in [0.15, 0.2) is 11.3 Å². The van der Waals surface area contributed by atoms with Gasteiger partial charge in [-0.05, 0) is 13.8 Å². The molecular formula is C11H10F3N3O3. The number of esters is 1. The fourth-order valence-corrected chi connectivity index (χ4v) is 1.75. The monoisotopic (exact) mass is 289 g/mol. The molecule has 2 heterocycles. The number of hydrogen-bond donors (Lipinski definition) is 1. The Hall–Kier alpha value is -2.32. The standard InChI is InChI=1S/C11H10F3N3O3/c1-3-20-10(19)7-8(11(12,13)14)16-17-6(18)4-5(2)15-9(7)17/h4,16H,3H2,1-2H3. The van der Waals surface area contributed by atoms with Gasteiger partial charge in [0.25, 0.3) is 5.56 Å². The van der Waals surface area contributed by atoms with Gasteiger partial charge < -0.3 is 4.74 Å². The molecule has 0 aromatic carbocycles. The predicted octanol–water partition coefficient (Wildman–Crippen LogP) is 1.53. The van der Waals surface area contributed by atoms with Crippen molar-refractivity contribution in [3.05, 3.63) is 33.4 Å². The van der Waals surface area contributed by atoms with Gasteiger partial charge in [-0.2, -0.15) is 13.2 Å². The van der Waals surface area contributed by atoms with Crippen LogP contribution in [0.4, 0.5) is 13.2 Å². The summed E-state index contributed by atoms with van der Waals surface area (Å²) in [7, 11) is 0. The third-order valence-electron chi connectivity index (χ3n) is 2.51. The Morgan fingerprint density at radius 2 is 2.15 bits per heavy atom. The number of aryl methyl sites for hydroxylation is 1. The largest absolute Gasteiger partial charge is 0.462 e. The maximum Gasteiger partial charge on any atom is 0.433 e. The van der Waals surface area contributed by atoms with Gasteiger partial charge in [-0.1, -0.05) is 0 Å². The van der Waals surface area contributed by atoms with Crippen LogP contribution in [0, 0.1) is 6.92 Å². The van der Waals surface area contributed by atoms with Gasteiger partial charge in [0.1, 0.15) is 5.56 Å². The molecule has 1 N–H and O–H groups in total. The molecule has 2 aromatic rings. The quantitative estimate of drug-likeness (QED) is 0.850. The van der Waals surface area contributed by atoms with Crippen molar-refractivity contribution in [1.29, 1.82) is 0 Å². The molecule has 9 heteroatoms. The Kier molecular flexibility index (Phi) is 3.28. The molecular weight excluding hydrogens is 279 g/mol. The highest BCUT2D eigenvalue weighted by atomic mass is 19.4. The number of H-pyrrole nitrogens is 1. The second kappa shape index (κ2) is 4.66. The van der Waals surface area contributed by atoms with E-state index in [1.165, 1.54) is 13.8 Å². The van der Waals surface area contributed by atoms with Crippen LogP contribution in [0.5, 0.6) is 0 Å². The van der Waals surface area contributed by atoms with Crippen LogP contribution in [0.15, 0.2) is 10.9 Å². The van der Waals surface area contributed by atoms with Gasteiger partial charge in [-0.25, -0.2) is 14.3 Å². The number of alkyl halides is 3. The van der Waals surface area contributed by atoms with Crippen LogP contribution in [0.3, 0.4) is 0 Å². The molecule has 0 aliphatic heterocycles. The molecule has 2 aromatic heterocycles. The van der Waals surface area contributed by atoms with E-state index in [-0.39, 0.29) is 12.3 Å². The molecule has 0 bridgehead atoms. The zero-order valence-electron chi connectivity index (χ0n) is 10.5. The number of nitrogens with zero attached hydrogens (tertiary/aromatic N) is 2. The van der Waals surface area contributed by atoms with Crippen molar-refractivity contribution in [3.8, 4) is 0 Å². The van der Waals surface area contributed by atoms with Gasteiger partial charge in [0, 0.05) is 11.8 Å². The molecule has 0 fully saturated rings. The van der Waals surface area contributed by atoms with Crippen molar-refractivity contribution in [3.63, 3.8) is 0 Å². The lowest BCUT2D eigenvalue weighted by Gasteiger charge is -2.06. The second-order valence-corrected chi connectivity index (χ2v) is 3.97. The summed E-state index contributed by atoms with van der Waals surface area (Å²) in [5.74, 6) is -1.18. The average Bonchev–Trinajstić information content (AvgIpc) is 2.68. The van der Waals surface area contributed by atoms with Crippen LogP contribution in [-0.2, 0) is 10.9 Å². The van der Waals surface area contributed by atoms with Crippen LogP contribution in [0.2, 0.25) is 0 Å². The number of carbonyl (C=O) groups is 1. The molecule has 20 heavy (non-hydrogen) atoms. The lowest BCUT2D eigenvalue weighted by molar-refractivity contribution is -0.141. The third kappa shape index (κ3) is 2.26. The number of hydrogen-bond acceptors (Lipinski definition) is 4. The van der Waals surface area contributed by atoms with Crippen LogP contribution in [0.25, 0.3) is 5.65 Å². The van der Waals surface area contributed by atoms with Crippen molar-refractivity contribution in [2.24, 2.45) is 0 Å². The molecule has 0 radical (unpaired) electrons. The second-order valence-electron chi connectivity index (χ2n) is 3.97. The molecule has 0 aliphatic carbocycles. The van der Waals surface area contributed by atoms with E-state index in [2.05, 4.69) is 9.72 Å². The Bertz CT molecular complexity index is 730. The van der Waals surface area contributed by atoms with Gasteiger partial charge in [0.05, 0.1) is 6.61 Å². The van der Waals surface area contributed by atoms with Crippen molar-refractivity contribution in [2.45, 2.75) is 20.0 Å². The first-order valence-electron chi connectivity index (χ1n) is 5.62. The lowest BCUT2D eigenvalue weighted by atomic mass is 10.2. The van der Waals surface area contributed by atoms with E-state index in [0.29, 0.717) is 4.52 Å². The SMILES string of the molecule is CCOC(=O)c1c(C(F)(F)F)[nH]n2c(=O)cc(C)nc12. The van der Waals surface area contributed by atoms with Crippen molar-refractivity contribution < 1.29 is 22.7 Å². The van der Waals surface area contributed by atoms with Crippen molar-refractivity contribution in [1.82, 2.24) is 14.6 Å². The molecule has 0 saturated heterocycles. The number of carbonyl (C=O) groups excluding carboxylic acids is 1. The van der Waals surface area contributed by atoms with Gasteiger partial charge in [-0.3, -0.25) is 9.89 Å². The molecule has 2 rings (SSSR count). The summed E-state index contributed by atoms with van der Waals surface area (Å²) in [6.07, 6.45) is -4.84. The summed E-state index contributed by atoms with van der Waals surface area (Å²) in [5.41, 5.74) is -3.09. The summed E-state index contributed by atoms with van der Waals surface area (Å²) in [6, 6.07) is 1.05. The minimum absolute atomic E-state index is 0.0937. The van der Waals surface area contributed by atoms with Crippen molar-refractivity contribution in [2.75, 3.05) is 6.61 Å². The van der Waals surface area contributed by atoms with E-state index in [1.807, 2.05) is 5.10 Å². The Labute approximate surface area is 110 Å². The van der Waals surface area contributed by atoms with Crippen LogP contribution in [-0.4, -0.2) is 27.2 Å². The summed E-state index contributed by atoms with van der Waals surface area (Å²) in [4.78, 5) is 27.2. The highest BCUT2D eigenvalue weighted by Crippen LogP contribution is 2.32. The molecule has 0 amide bonds. The van der Waals surface area contributed by atoms with Gasteiger partial charge in [-0.15, -0.1) is 0 Å². The highest BCUT2D eigenvalue weighted by molar-refractivity contribution is 5.97. The average molecular weight is 289 g/mol. The maximum atomic E-state index is 12.9. The van der Waals surface area contributed by atoms with Gasteiger partial charge in [0.2, 0.25) is 0 Å². The summed E-state index contributed by atoms with van der Waals surface area (Å²) in [5, 5.41) is 1.85. The first-order valence-corrected chi connectivity index (χ1v) is 5.62. The first kappa shape index (κ1) is 14.1. The minimum atomic E-state index is -4.84. The smallest absolute Gasteiger partial charge is 0.433 e. The summed E-state index contributed by atoms with van der Waals surface area (Å²) >= 11 is 0. The number of nitrogens with one attached hydrogen (secondary N) is 1. The highest BCUT2D eigenvalue weighted by Gasteiger charge is 2.40. The van der Waals surface area contributed by atoms with E-state index in [9.17, 15) is 22.8 Å². The topological polar surface area (TPSA) is 76.5 Å². The van der Waals surface area contributed by atoms with E-state index in [0.717, 1.165) is 6.07 Å². The van der Waals surface area contributed by atoms with Crippen LogP contribution in [0.1, 0.15) is 28.7 Å². The Morgan fingerprint density at radius 1 is 1.50 bits per heavy atom. The Balaban J connectivity index is 2.85. The number of halogens is 3. The van der Waals surface area contributed by atoms with Crippen LogP contribution >= 0.6 is 0 Å². The zero-order valence-corrected chi connectivity index (χ0v) is 10.5. The first-order chi connectivity index (χ1) is 9.25. The number of rotatable bonds is 2. The van der Waals surface area contributed by atoms with E-state index < -0.39 is 34.6 Å². The number of fused-ring (bicyclic) bond motifs is 1. The molecule has 0 aliphatic rings. The molecule has 108 valence electrons. The molecule has 0 spiro atoms. The minimum Gasteiger partial charge on any atom is -0.462 e. The zero-order chi connectivity index (χ0) is 15.1. The maximum absolute atomic E-state index is 12.9. The molecule has 0 atom stereocenters. The number of ether oxygens (including phenoxy) is 1. The predicted molar refractivity (Wildman–Crippen MR) is 61.5 cm³/mol.